The minimum atomic E-state index is -0.310. The summed E-state index contributed by atoms with van der Waals surface area (Å²) in [4.78, 5) is 13.2. The molecule has 0 aliphatic carbocycles. The third-order valence-corrected chi connectivity index (χ3v) is 3.60. The summed E-state index contributed by atoms with van der Waals surface area (Å²) in [5.74, 6) is 0.591. The van der Waals surface area contributed by atoms with Crippen molar-refractivity contribution in [1.29, 1.82) is 0 Å². The normalized spacial score (nSPS) is 19.0. The molecule has 1 saturated heterocycles. The number of anilines is 1. The zero-order valence-corrected chi connectivity index (χ0v) is 12.8. The molecule has 0 amide bonds. The summed E-state index contributed by atoms with van der Waals surface area (Å²) in [5.41, 5.74) is 0.709. The van der Waals surface area contributed by atoms with Crippen molar-refractivity contribution in [3.8, 4) is 0 Å². The summed E-state index contributed by atoms with van der Waals surface area (Å²) in [6.45, 7) is 4.57. The van der Waals surface area contributed by atoms with Crippen molar-refractivity contribution in [3.05, 3.63) is 15.8 Å². The molecule has 1 aromatic rings. The van der Waals surface area contributed by atoms with Crippen LogP contribution in [0.5, 0.6) is 0 Å². The van der Waals surface area contributed by atoms with Gasteiger partial charge < -0.3 is 15.0 Å². The van der Waals surface area contributed by atoms with Gasteiger partial charge in [0.05, 0.1) is 17.6 Å². The first-order valence-corrected chi connectivity index (χ1v) is 7.29. The van der Waals surface area contributed by atoms with Crippen LogP contribution in [0.1, 0.15) is 19.0 Å². The molecule has 8 nitrogen and oxygen atoms in total. The molecule has 1 aliphatic rings. The highest BCUT2D eigenvalue weighted by Crippen LogP contribution is 2.33. The van der Waals surface area contributed by atoms with Gasteiger partial charge in [0, 0.05) is 26.7 Å². The monoisotopic (exact) mass is 297 g/mol. The fraction of sp³-hybridized carbons (Fsp3) is 0.769. The first kappa shape index (κ1) is 15.7. The van der Waals surface area contributed by atoms with Crippen LogP contribution in [0.3, 0.4) is 0 Å². The Morgan fingerprint density at radius 2 is 2.33 bits per heavy atom. The number of aromatic nitrogens is 2. The van der Waals surface area contributed by atoms with E-state index in [9.17, 15) is 10.1 Å². The molecule has 2 heterocycles. The van der Waals surface area contributed by atoms with Gasteiger partial charge in [-0.2, -0.15) is 5.10 Å². The molecular formula is C13H23N5O3. The van der Waals surface area contributed by atoms with Crippen LogP contribution < -0.4 is 10.2 Å². The lowest BCUT2D eigenvalue weighted by atomic mass is 10.2. The van der Waals surface area contributed by atoms with Gasteiger partial charge in [-0.3, -0.25) is 10.1 Å². The van der Waals surface area contributed by atoms with E-state index in [-0.39, 0.29) is 16.7 Å². The standard InChI is InChI=1S/C13H23N5O3/c1-4-5-11-12(18(19)20)13(16(3)15-11)17-6-7-21-10(9-17)8-14-2/h10,14H,4-9H2,1-3H3. The van der Waals surface area contributed by atoms with E-state index in [1.54, 1.807) is 11.7 Å². The third kappa shape index (κ3) is 3.33. The van der Waals surface area contributed by atoms with Crippen LogP contribution in [-0.4, -0.2) is 54.1 Å². The van der Waals surface area contributed by atoms with Crippen molar-refractivity contribution in [2.45, 2.75) is 25.9 Å². The molecule has 0 saturated carbocycles. The van der Waals surface area contributed by atoms with Crippen LogP contribution in [0, 0.1) is 10.1 Å². The SMILES string of the molecule is CCCc1nn(C)c(N2CCOC(CNC)C2)c1[N+](=O)[O-]. The molecule has 2 rings (SSSR count). The summed E-state index contributed by atoms with van der Waals surface area (Å²) in [7, 11) is 3.64. The minimum absolute atomic E-state index is 0.0351. The van der Waals surface area contributed by atoms with Gasteiger partial charge in [0.2, 0.25) is 5.82 Å². The van der Waals surface area contributed by atoms with Gasteiger partial charge in [0.1, 0.15) is 5.69 Å². The number of nitro groups is 1. The predicted octanol–water partition coefficient (Wildman–Crippen LogP) is 0.705. The Hall–Kier alpha value is -1.67. The summed E-state index contributed by atoms with van der Waals surface area (Å²) >= 11 is 0. The summed E-state index contributed by atoms with van der Waals surface area (Å²) in [6.07, 6.45) is 1.49. The molecule has 0 bridgehead atoms. The fourth-order valence-electron chi connectivity index (χ4n) is 2.77. The van der Waals surface area contributed by atoms with E-state index in [0.29, 0.717) is 37.6 Å². The first-order valence-electron chi connectivity index (χ1n) is 7.29. The van der Waals surface area contributed by atoms with Gasteiger partial charge in [-0.15, -0.1) is 0 Å². The molecule has 1 atom stereocenters. The molecule has 0 radical (unpaired) electrons. The molecular weight excluding hydrogens is 274 g/mol. The number of likely N-dealkylation sites (N-methyl/N-ethyl adjacent to an activating group) is 1. The predicted molar refractivity (Wildman–Crippen MR) is 79.7 cm³/mol. The number of ether oxygens (including phenoxy) is 1. The average Bonchev–Trinajstić information content (AvgIpc) is 2.76. The molecule has 1 N–H and O–H groups in total. The van der Waals surface area contributed by atoms with Gasteiger partial charge in [0.15, 0.2) is 0 Å². The summed E-state index contributed by atoms with van der Waals surface area (Å²) in [6, 6.07) is 0. The Kier molecular flexibility index (Phi) is 5.13. The highest BCUT2D eigenvalue weighted by molar-refractivity contribution is 5.62. The van der Waals surface area contributed by atoms with E-state index >= 15 is 0 Å². The zero-order chi connectivity index (χ0) is 15.4. The molecule has 118 valence electrons. The number of hydrogen-bond acceptors (Lipinski definition) is 6. The van der Waals surface area contributed by atoms with E-state index < -0.39 is 0 Å². The van der Waals surface area contributed by atoms with Crippen LogP contribution in [0.4, 0.5) is 11.5 Å². The van der Waals surface area contributed by atoms with Crippen molar-refractivity contribution in [2.75, 3.05) is 38.2 Å². The van der Waals surface area contributed by atoms with Crippen molar-refractivity contribution in [3.63, 3.8) is 0 Å². The van der Waals surface area contributed by atoms with Gasteiger partial charge >= 0.3 is 5.69 Å². The second kappa shape index (κ2) is 6.86. The van der Waals surface area contributed by atoms with E-state index in [4.69, 9.17) is 4.74 Å². The number of hydrogen-bond donors (Lipinski definition) is 1. The number of nitrogens with one attached hydrogen (secondary N) is 1. The van der Waals surface area contributed by atoms with E-state index in [0.717, 1.165) is 13.0 Å². The lowest BCUT2D eigenvalue weighted by molar-refractivity contribution is -0.384. The zero-order valence-electron chi connectivity index (χ0n) is 12.8. The van der Waals surface area contributed by atoms with E-state index in [1.165, 1.54) is 0 Å². The van der Waals surface area contributed by atoms with Gasteiger partial charge in [-0.1, -0.05) is 13.3 Å². The topological polar surface area (TPSA) is 85.5 Å². The van der Waals surface area contributed by atoms with Crippen molar-refractivity contribution in [1.82, 2.24) is 15.1 Å². The number of nitrogens with zero attached hydrogens (tertiary/aromatic N) is 4. The van der Waals surface area contributed by atoms with E-state index in [2.05, 4.69) is 10.4 Å². The van der Waals surface area contributed by atoms with E-state index in [1.807, 2.05) is 18.9 Å². The molecule has 0 spiro atoms. The Morgan fingerprint density at radius 1 is 1.57 bits per heavy atom. The van der Waals surface area contributed by atoms with Crippen LogP contribution in [-0.2, 0) is 18.2 Å². The molecule has 1 aliphatic heterocycles. The number of rotatable bonds is 6. The van der Waals surface area contributed by atoms with Crippen molar-refractivity contribution >= 4 is 11.5 Å². The third-order valence-electron chi connectivity index (χ3n) is 3.60. The highest BCUT2D eigenvalue weighted by Gasteiger charge is 2.32. The Balaban J connectivity index is 2.31. The smallest absolute Gasteiger partial charge is 0.334 e. The largest absolute Gasteiger partial charge is 0.373 e. The fourth-order valence-corrected chi connectivity index (χ4v) is 2.77. The maximum atomic E-state index is 11.5. The first-order chi connectivity index (χ1) is 10.1. The van der Waals surface area contributed by atoms with Gasteiger partial charge in [-0.05, 0) is 13.5 Å². The lowest BCUT2D eigenvalue weighted by Gasteiger charge is -2.33. The van der Waals surface area contributed by atoms with Gasteiger partial charge in [0.25, 0.3) is 0 Å². The molecule has 0 aromatic carbocycles. The second-order valence-corrected chi connectivity index (χ2v) is 5.25. The number of aryl methyl sites for hydroxylation is 2. The maximum Gasteiger partial charge on any atom is 0.334 e. The molecule has 8 heteroatoms. The minimum Gasteiger partial charge on any atom is -0.373 e. The molecule has 1 aromatic heterocycles. The second-order valence-electron chi connectivity index (χ2n) is 5.25. The van der Waals surface area contributed by atoms with Crippen LogP contribution >= 0.6 is 0 Å². The van der Waals surface area contributed by atoms with Crippen LogP contribution in [0.2, 0.25) is 0 Å². The molecule has 1 fully saturated rings. The summed E-state index contributed by atoms with van der Waals surface area (Å²) < 4.78 is 7.29. The number of morpholine rings is 1. The van der Waals surface area contributed by atoms with Crippen molar-refractivity contribution < 1.29 is 9.66 Å². The Labute approximate surface area is 124 Å². The van der Waals surface area contributed by atoms with Gasteiger partial charge in [-0.25, -0.2) is 4.68 Å². The summed E-state index contributed by atoms with van der Waals surface area (Å²) in [5, 5.41) is 18.9. The quantitative estimate of drug-likeness (QED) is 0.614. The van der Waals surface area contributed by atoms with Crippen LogP contribution in [0.15, 0.2) is 0 Å². The lowest BCUT2D eigenvalue weighted by Crippen LogP contribution is -2.47. The molecule has 21 heavy (non-hydrogen) atoms. The van der Waals surface area contributed by atoms with Crippen molar-refractivity contribution in [2.24, 2.45) is 7.05 Å². The Bertz CT molecular complexity index is 500. The van der Waals surface area contributed by atoms with Crippen LogP contribution in [0.25, 0.3) is 0 Å². The highest BCUT2D eigenvalue weighted by atomic mass is 16.6. The Morgan fingerprint density at radius 3 is 2.95 bits per heavy atom. The average molecular weight is 297 g/mol. The molecule has 1 unspecified atom stereocenters. The maximum absolute atomic E-state index is 11.5.